The first kappa shape index (κ1) is 13.5. The molecule has 0 saturated carbocycles. The van der Waals surface area contributed by atoms with Crippen LogP contribution in [0.25, 0.3) is 5.69 Å². The van der Waals surface area contributed by atoms with E-state index in [4.69, 9.17) is 11.6 Å². The first-order chi connectivity index (χ1) is 9.03. The van der Waals surface area contributed by atoms with E-state index in [1.165, 1.54) is 0 Å². The predicted octanol–water partition coefficient (Wildman–Crippen LogP) is 2.47. The molecule has 100 valence electrons. The van der Waals surface area contributed by atoms with Gasteiger partial charge in [-0.2, -0.15) is 0 Å². The van der Waals surface area contributed by atoms with Crippen molar-refractivity contribution in [1.82, 2.24) is 14.8 Å². The third kappa shape index (κ3) is 3.12. The summed E-state index contributed by atoms with van der Waals surface area (Å²) in [5.41, 5.74) is 0.995. The van der Waals surface area contributed by atoms with Crippen molar-refractivity contribution in [1.29, 1.82) is 0 Å². The summed E-state index contributed by atoms with van der Waals surface area (Å²) in [4.78, 5) is 12.0. The van der Waals surface area contributed by atoms with Gasteiger partial charge in [0.2, 0.25) is 5.91 Å². The molecular weight excluding hydrogens is 264 g/mol. The van der Waals surface area contributed by atoms with Gasteiger partial charge in [-0.25, -0.2) is 0 Å². The van der Waals surface area contributed by atoms with Gasteiger partial charge >= 0.3 is 0 Å². The molecule has 0 aliphatic rings. The molecule has 2 aromatic rings. The van der Waals surface area contributed by atoms with Crippen LogP contribution in [-0.4, -0.2) is 26.6 Å². The largest absolute Gasteiger partial charge is 0.326 e. The van der Waals surface area contributed by atoms with Gasteiger partial charge in [0.1, 0.15) is 12.7 Å². The molecule has 0 saturated heterocycles. The topological polar surface area (TPSA) is 59.8 Å². The molecule has 0 aliphatic heterocycles. The Morgan fingerprint density at radius 2 is 2.05 bits per heavy atom. The smallest absolute Gasteiger partial charge is 0.231 e. The van der Waals surface area contributed by atoms with Crippen LogP contribution >= 0.6 is 11.6 Å². The first-order valence-electron chi connectivity index (χ1n) is 5.85. The lowest BCUT2D eigenvalue weighted by Gasteiger charge is -2.20. The minimum Gasteiger partial charge on any atom is -0.326 e. The van der Waals surface area contributed by atoms with Gasteiger partial charge in [0.25, 0.3) is 0 Å². The zero-order valence-corrected chi connectivity index (χ0v) is 11.6. The molecule has 19 heavy (non-hydrogen) atoms. The van der Waals surface area contributed by atoms with E-state index in [0.717, 1.165) is 11.4 Å². The second kappa shape index (κ2) is 5.40. The highest BCUT2D eigenvalue weighted by Crippen LogP contribution is 2.21. The van der Waals surface area contributed by atoms with Crippen LogP contribution in [0.4, 0.5) is 5.69 Å². The summed E-state index contributed by atoms with van der Waals surface area (Å²) in [5, 5.41) is 10.4. The van der Waals surface area contributed by atoms with E-state index in [0.29, 0.717) is 0 Å². The molecule has 0 fully saturated rings. The Balaban J connectivity index is 2.19. The zero-order chi connectivity index (χ0) is 13.9. The number of benzene rings is 1. The summed E-state index contributed by atoms with van der Waals surface area (Å²) in [5.74, 6) is 0.160. The number of nitrogens with zero attached hydrogens (tertiary/aromatic N) is 3. The third-order valence-electron chi connectivity index (χ3n) is 2.77. The number of alkyl halides is 1. The molecule has 6 heteroatoms. The van der Waals surface area contributed by atoms with E-state index in [-0.39, 0.29) is 11.8 Å². The average Bonchev–Trinajstić information content (AvgIpc) is 2.93. The van der Waals surface area contributed by atoms with E-state index in [1.807, 2.05) is 24.3 Å². The van der Waals surface area contributed by atoms with Crippen molar-refractivity contribution < 1.29 is 4.79 Å². The summed E-state index contributed by atoms with van der Waals surface area (Å²) in [6.07, 6.45) is 3.20. The maximum Gasteiger partial charge on any atom is 0.231 e. The van der Waals surface area contributed by atoms with Crippen LogP contribution < -0.4 is 5.32 Å². The standard InChI is InChI=1S/C13H15ClN4O/c1-13(2,7-14)12(19)17-10-4-3-5-11(6-10)18-8-15-16-9-18/h3-6,8-9H,7H2,1-2H3,(H,17,19). The van der Waals surface area contributed by atoms with E-state index in [9.17, 15) is 4.79 Å². The normalized spacial score (nSPS) is 11.3. The van der Waals surface area contributed by atoms with E-state index in [2.05, 4.69) is 15.5 Å². The number of carbonyl (C=O) groups is 1. The maximum absolute atomic E-state index is 12.0. The second-order valence-electron chi connectivity index (χ2n) is 4.89. The molecule has 1 aromatic carbocycles. The minimum absolute atomic E-state index is 0.108. The Morgan fingerprint density at radius 3 is 2.68 bits per heavy atom. The molecule has 0 bridgehead atoms. The molecule has 0 aliphatic carbocycles. The van der Waals surface area contributed by atoms with Crippen LogP contribution in [0.2, 0.25) is 0 Å². The summed E-state index contributed by atoms with van der Waals surface area (Å²) in [7, 11) is 0. The predicted molar refractivity (Wildman–Crippen MR) is 74.5 cm³/mol. The van der Waals surface area contributed by atoms with Crippen molar-refractivity contribution in [3.8, 4) is 5.69 Å². The SMILES string of the molecule is CC(C)(CCl)C(=O)Nc1cccc(-n2cnnc2)c1. The lowest BCUT2D eigenvalue weighted by Crippen LogP contribution is -2.32. The number of amides is 1. The summed E-state index contributed by atoms with van der Waals surface area (Å²) >= 11 is 5.79. The average molecular weight is 279 g/mol. The van der Waals surface area contributed by atoms with Crippen LogP contribution in [0, 0.1) is 5.41 Å². The number of rotatable bonds is 4. The summed E-state index contributed by atoms with van der Waals surface area (Å²) in [6.45, 7) is 3.61. The lowest BCUT2D eigenvalue weighted by atomic mass is 9.95. The highest BCUT2D eigenvalue weighted by Gasteiger charge is 2.26. The van der Waals surface area contributed by atoms with Crippen molar-refractivity contribution in [2.45, 2.75) is 13.8 Å². The number of anilines is 1. The first-order valence-corrected chi connectivity index (χ1v) is 6.39. The molecule has 0 atom stereocenters. The van der Waals surface area contributed by atoms with Gasteiger partial charge in [0, 0.05) is 11.6 Å². The van der Waals surface area contributed by atoms with E-state index < -0.39 is 5.41 Å². The van der Waals surface area contributed by atoms with Gasteiger partial charge in [0.15, 0.2) is 0 Å². The highest BCUT2D eigenvalue weighted by atomic mass is 35.5. The fraction of sp³-hybridized carbons (Fsp3) is 0.308. The van der Waals surface area contributed by atoms with Gasteiger partial charge in [-0.3, -0.25) is 9.36 Å². The zero-order valence-electron chi connectivity index (χ0n) is 10.8. The molecule has 0 spiro atoms. The molecular formula is C13H15ClN4O. The van der Waals surface area contributed by atoms with Crippen molar-refractivity contribution in [3.05, 3.63) is 36.9 Å². The second-order valence-corrected chi connectivity index (χ2v) is 5.16. The van der Waals surface area contributed by atoms with Crippen LogP contribution in [0.1, 0.15) is 13.8 Å². The number of halogens is 1. The Hall–Kier alpha value is -1.88. The van der Waals surface area contributed by atoms with Crippen LogP contribution in [0.15, 0.2) is 36.9 Å². The number of hydrogen-bond donors (Lipinski definition) is 1. The van der Waals surface area contributed by atoms with Gasteiger partial charge in [-0.05, 0) is 32.0 Å². The minimum atomic E-state index is -0.603. The number of hydrogen-bond acceptors (Lipinski definition) is 3. The van der Waals surface area contributed by atoms with Crippen LogP contribution in [-0.2, 0) is 4.79 Å². The van der Waals surface area contributed by atoms with Crippen molar-refractivity contribution >= 4 is 23.2 Å². The Morgan fingerprint density at radius 1 is 1.37 bits per heavy atom. The molecule has 1 N–H and O–H groups in total. The monoisotopic (exact) mass is 278 g/mol. The highest BCUT2D eigenvalue weighted by molar-refractivity contribution is 6.20. The summed E-state index contributed by atoms with van der Waals surface area (Å²) in [6, 6.07) is 7.45. The molecule has 1 heterocycles. The quantitative estimate of drug-likeness (QED) is 0.874. The molecule has 1 amide bonds. The number of nitrogens with one attached hydrogen (secondary N) is 1. The molecule has 5 nitrogen and oxygen atoms in total. The van der Waals surface area contributed by atoms with Crippen LogP contribution in [0.3, 0.4) is 0 Å². The molecule has 2 rings (SSSR count). The lowest BCUT2D eigenvalue weighted by molar-refractivity contribution is -0.122. The number of carbonyl (C=O) groups excluding carboxylic acids is 1. The van der Waals surface area contributed by atoms with Gasteiger partial charge in [-0.15, -0.1) is 21.8 Å². The van der Waals surface area contributed by atoms with E-state index in [1.54, 1.807) is 31.1 Å². The fourth-order valence-corrected chi connectivity index (χ4v) is 1.56. The number of aromatic nitrogens is 3. The van der Waals surface area contributed by atoms with Gasteiger partial charge in [-0.1, -0.05) is 6.07 Å². The Bertz CT molecular complexity index is 566. The maximum atomic E-state index is 12.0. The van der Waals surface area contributed by atoms with Crippen molar-refractivity contribution in [2.24, 2.45) is 5.41 Å². The Labute approximate surface area is 116 Å². The van der Waals surface area contributed by atoms with Crippen molar-refractivity contribution in [3.63, 3.8) is 0 Å². The molecule has 0 radical (unpaired) electrons. The van der Waals surface area contributed by atoms with Gasteiger partial charge < -0.3 is 5.32 Å². The van der Waals surface area contributed by atoms with E-state index >= 15 is 0 Å². The molecule has 1 aromatic heterocycles. The van der Waals surface area contributed by atoms with Crippen molar-refractivity contribution in [2.75, 3.05) is 11.2 Å². The summed E-state index contributed by atoms with van der Waals surface area (Å²) < 4.78 is 1.77. The third-order valence-corrected chi connectivity index (χ3v) is 3.44. The van der Waals surface area contributed by atoms with Crippen LogP contribution in [0.5, 0.6) is 0 Å². The fourth-order valence-electron chi connectivity index (χ4n) is 1.44. The van der Waals surface area contributed by atoms with Gasteiger partial charge in [0.05, 0.1) is 11.1 Å². The Kier molecular flexibility index (Phi) is 3.85. The molecule has 0 unspecified atom stereocenters.